The molecule has 2 nitrogen and oxygen atoms in total. The minimum absolute atomic E-state index is 0.101. The summed E-state index contributed by atoms with van der Waals surface area (Å²) in [5.74, 6) is -0.838. The van der Waals surface area contributed by atoms with Gasteiger partial charge in [0.2, 0.25) is 5.41 Å². The zero-order chi connectivity index (χ0) is 21.2. The van der Waals surface area contributed by atoms with E-state index in [4.69, 9.17) is 9.47 Å². The van der Waals surface area contributed by atoms with E-state index in [1.165, 1.54) is 7.11 Å². The quantitative estimate of drug-likeness (QED) is 0.549. The molecule has 0 saturated heterocycles. The Kier molecular flexibility index (Phi) is 5.96. The fraction of sp³-hybridized carbons (Fsp3) is 0.263. The van der Waals surface area contributed by atoms with E-state index in [1.807, 2.05) is 0 Å². The molecular formula is C19H15F7O2. The van der Waals surface area contributed by atoms with Crippen molar-refractivity contribution >= 4 is 0 Å². The number of alkyl halides is 6. The van der Waals surface area contributed by atoms with E-state index in [-0.39, 0.29) is 11.5 Å². The van der Waals surface area contributed by atoms with Crippen LogP contribution in [-0.4, -0.2) is 26.1 Å². The van der Waals surface area contributed by atoms with Crippen LogP contribution in [0.25, 0.3) is 0 Å². The number of hydrogen-bond donors (Lipinski definition) is 0. The molecule has 0 fully saturated rings. The number of benzene rings is 2. The molecule has 0 aliphatic carbocycles. The molecule has 0 spiro atoms. The van der Waals surface area contributed by atoms with Gasteiger partial charge in [0, 0.05) is 0 Å². The highest BCUT2D eigenvalue weighted by Crippen LogP contribution is 2.56. The lowest BCUT2D eigenvalue weighted by Crippen LogP contribution is -2.54. The highest BCUT2D eigenvalue weighted by molar-refractivity contribution is 5.47. The zero-order valence-corrected chi connectivity index (χ0v) is 14.5. The lowest BCUT2D eigenvalue weighted by molar-refractivity contribution is -0.288. The number of methoxy groups -OCH3 is 1. The highest BCUT2D eigenvalue weighted by atomic mass is 19.4. The average Bonchev–Trinajstić information content (AvgIpc) is 2.59. The van der Waals surface area contributed by atoms with Gasteiger partial charge in [-0.15, -0.1) is 0 Å². The highest BCUT2D eigenvalue weighted by Gasteiger charge is 2.72. The summed E-state index contributed by atoms with van der Waals surface area (Å²) < 4.78 is 106. The van der Waals surface area contributed by atoms with Crippen LogP contribution in [0.1, 0.15) is 11.1 Å². The molecule has 28 heavy (non-hydrogen) atoms. The fourth-order valence-electron chi connectivity index (χ4n) is 2.79. The Hall–Kier alpha value is -2.71. The summed E-state index contributed by atoms with van der Waals surface area (Å²) in [6.07, 6.45) is -11.4. The molecule has 0 saturated carbocycles. The van der Waals surface area contributed by atoms with Crippen LogP contribution >= 0.6 is 0 Å². The van der Waals surface area contributed by atoms with Gasteiger partial charge in [-0.25, -0.2) is 4.39 Å². The lowest BCUT2D eigenvalue weighted by Gasteiger charge is -2.38. The molecule has 2 aromatic rings. The molecule has 152 valence electrons. The number of hydrogen-bond acceptors (Lipinski definition) is 2. The molecule has 2 aromatic carbocycles. The van der Waals surface area contributed by atoms with E-state index in [2.05, 4.69) is 6.58 Å². The van der Waals surface area contributed by atoms with Gasteiger partial charge in [0.15, 0.2) is 0 Å². The molecular weight excluding hydrogens is 393 g/mol. The molecule has 0 aliphatic heterocycles. The van der Waals surface area contributed by atoms with E-state index in [0.717, 1.165) is 36.4 Å². The summed E-state index contributed by atoms with van der Waals surface area (Å²) in [5.41, 5.74) is -6.34. The minimum Gasteiger partial charge on any atom is -0.497 e. The van der Waals surface area contributed by atoms with Gasteiger partial charge >= 0.3 is 12.4 Å². The summed E-state index contributed by atoms with van der Waals surface area (Å²) in [4.78, 5) is 0. The first-order valence-electron chi connectivity index (χ1n) is 7.78. The first kappa shape index (κ1) is 21.6. The van der Waals surface area contributed by atoms with Crippen LogP contribution < -0.4 is 9.47 Å². The Labute approximate surface area is 156 Å². The molecule has 0 radical (unpaired) electrons. The van der Waals surface area contributed by atoms with Crippen molar-refractivity contribution in [2.24, 2.45) is 0 Å². The minimum atomic E-state index is -5.70. The molecule has 0 heterocycles. The third-order valence-electron chi connectivity index (χ3n) is 4.06. The SMILES string of the molecule is C=C(F)COc1ccc(C(c2ccc(OC)cc2)(C(F)(F)F)C(F)(F)F)cc1. The Morgan fingerprint density at radius 1 is 0.786 bits per heavy atom. The Balaban J connectivity index is 2.65. The van der Waals surface area contributed by atoms with E-state index in [9.17, 15) is 30.7 Å². The molecule has 9 heteroatoms. The van der Waals surface area contributed by atoms with Crippen LogP contribution in [0.4, 0.5) is 30.7 Å². The second-order valence-electron chi connectivity index (χ2n) is 5.80. The summed E-state index contributed by atoms with van der Waals surface area (Å²) in [5, 5.41) is 0. The smallest absolute Gasteiger partial charge is 0.411 e. The van der Waals surface area contributed by atoms with Gasteiger partial charge in [0.25, 0.3) is 0 Å². The molecule has 0 amide bonds. The second kappa shape index (κ2) is 7.73. The van der Waals surface area contributed by atoms with Gasteiger partial charge in [-0.3, -0.25) is 0 Å². The summed E-state index contributed by atoms with van der Waals surface area (Å²) >= 11 is 0. The van der Waals surface area contributed by atoms with Crippen molar-refractivity contribution in [2.45, 2.75) is 17.8 Å². The molecule has 0 bridgehead atoms. The standard InChI is InChI=1S/C19H15F7O2/c1-12(20)11-28-16-9-5-14(6-10-16)17(18(21,22)23,19(24,25)26)13-3-7-15(27-2)8-4-13/h3-10H,1,11H2,2H3. The number of ether oxygens (including phenoxy) is 2. The second-order valence-corrected chi connectivity index (χ2v) is 5.80. The van der Waals surface area contributed by atoms with Gasteiger partial charge in [-0.1, -0.05) is 30.8 Å². The normalized spacial score (nSPS) is 12.6. The maximum Gasteiger partial charge on any atom is 0.411 e. The van der Waals surface area contributed by atoms with Crippen molar-refractivity contribution < 1.29 is 40.2 Å². The molecule has 2 rings (SSSR count). The summed E-state index contributed by atoms with van der Waals surface area (Å²) in [6, 6.07) is 6.61. The first-order valence-corrected chi connectivity index (χ1v) is 7.78. The van der Waals surface area contributed by atoms with Gasteiger partial charge in [-0.2, -0.15) is 26.3 Å². The van der Waals surface area contributed by atoms with Gasteiger partial charge in [0.05, 0.1) is 7.11 Å². The van der Waals surface area contributed by atoms with E-state index in [1.54, 1.807) is 0 Å². The topological polar surface area (TPSA) is 18.5 Å². The third kappa shape index (κ3) is 3.93. The Morgan fingerprint density at radius 2 is 1.18 bits per heavy atom. The van der Waals surface area contributed by atoms with Crippen molar-refractivity contribution in [3.8, 4) is 11.5 Å². The predicted molar refractivity (Wildman–Crippen MR) is 88.1 cm³/mol. The van der Waals surface area contributed by atoms with Crippen molar-refractivity contribution in [2.75, 3.05) is 13.7 Å². The Bertz CT molecular complexity index is 792. The van der Waals surface area contributed by atoms with Crippen LogP contribution in [-0.2, 0) is 5.41 Å². The van der Waals surface area contributed by atoms with Gasteiger partial charge in [0.1, 0.15) is 23.9 Å². The van der Waals surface area contributed by atoms with E-state index >= 15 is 0 Å². The van der Waals surface area contributed by atoms with Crippen LogP contribution in [0.2, 0.25) is 0 Å². The Morgan fingerprint density at radius 3 is 1.50 bits per heavy atom. The van der Waals surface area contributed by atoms with Crippen LogP contribution in [0.5, 0.6) is 11.5 Å². The molecule has 0 aliphatic rings. The first-order chi connectivity index (χ1) is 12.9. The van der Waals surface area contributed by atoms with Crippen molar-refractivity contribution in [3.05, 3.63) is 72.1 Å². The monoisotopic (exact) mass is 408 g/mol. The third-order valence-corrected chi connectivity index (χ3v) is 4.06. The lowest BCUT2D eigenvalue weighted by atomic mass is 9.73. The van der Waals surface area contributed by atoms with Crippen LogP contribution in [0.3, 0.4) is 0 Å². The number of rotatable bonds is 6. The molecule has 0 N–H and O–H groups in total. The van der Waals surface area contributed by atoms with Crippen molar-refractivity contribution in [3.63, 3.8) is 0 Å². The van der Waals surface area contributed by atoms with E-state index < -0.39 is 41.3 Å². The molecule has 0 unspecified atom stereocenters. The average molecular weight is 408 g/mol. The zero-order valence-electron chi connectivity index (χ0n) is 14.5. The van der Waals surface area contributed by atoms with Crippen molar-refractivity contribution in [1.29, 1.82) is 0 Å². The maximum atomic E-state index is 13.9. The number of halogens is 7. The fourth-order valence-corrected chi connectivity index (χ4v) is 2.79. The van der Waals surface area contributed by atoms with E-state index in [0.29, 0.717) is 12.1 Å². The maximum absolute atomic E-state index is 13.9. The van der Waals surface area contributed by atoms with Crippen molar-refractivity contribution in [1.82, 2.24) is 0 Å². The molecule has 0 aromatic heterocycles. The van der Waals surface area contributed by atoms with Crippen LogP contribution in [0.15, 0.2) is 60.9 Å². The predicted octanol–water partition coefficient (Wildman–Crippen LogP) is 5.97. The summed E-state index contributed by atoms with van der Waals surface area (Å²) in [7, 11) is 1.24. The molecule has 0 atom stereocenters. The van der Waals surface area contributed by atoms with Gasteiger partial charge in [-0.05, 0) is 35.4 Å². The largest absolute Gasteiger partial charge is 0.497 e. The van der Waals surface area contributed by atoms with Crippen LogP contribution in [0, 0.1) is 0 Å². The van der Waals surface area contributed by atoms with Gasteiger partial charge < -0.3 is 9.47 Å². The summed E-state index contributed by atoms with van der Waals surface area (Å²) in [6.45, 7) is 2.38.